The molecular weight excluding hydrogens is 422 g/mol. The summed E-state index contributed by atoms with van der Waals surface area (Å²) in [5, 5.41) is 0. The molecule has 0 unspecified atom stereocenters. The zero-order valence-corrected chi connectivity index (χ0v) is 17.9. The van der Waals surface area contributed by atoms with Crippen molar-refractivity contribution < 1.29 is 23.1 Å². The molecule has 5 rings (SSSR count). The predicted molar refractivity (Wildman–Crippen MR) is 114 cm³/mol. The zero-order valence-electron chi connectivity index (χ0n) is 17.1. The number of ether oxygens (including phenoxy) is 1. The highest BCUT2D eigenvalue weighted by Crippen LogP contribution is 2.56. The number of rotatable bonds is 4. The van der Waals surface area contributed by atoms with E-state index in [1.165, 1.54) is 17.8 Å². The van der Waals surface area contributed by atoms with Crippen molar-refractivity contribution in [2.75, 3.05) is 24.3 Å². The third-order valence-corrected chi connectivity index (χ3v) is 7.87. The Kier molecular flexibility index (Phi) is 4.92. The molecule has 0 bridgehead atoms. The predicted octanol–water partition coefficient (Wildman–Crippen LogP) is 4.05. The minimum atomic E-state index is -1.14. The summed E-state index contributed by atoms with van der Waals surface area (Å²) in [6.07, 6.45) is 2.74. The number of anilines is 1. The van der Waals surface area contributed by atoms with E-state index in [1.54, 1.807) is 29.0 Å². The summed E-state index contributed by atoms with van der Waals surface area (Å²) in [7, 11) is 1.56. The molecule has 8 heteroatoms. The van der Waals surface area contributed by atoms with Crippen LogP contribution in [0, 0.1) is 17.6 Å². The molecule has 2 amide bonds. The fourth-order valence-electron chi connectivity index (χ4n) is 4.60. The van der Waals surface area contributed by atoms with E-state index in [1.807, 2.05) is 6.07 Å². The molecule has 0 aromatic heterocycles. The minimum Gasteiger partial charge on any atom is -0.497 e. The molecule has 1 aliphatic carbocycles. The molecule has 3 aliphatic rings. The van der Waals surface area contributed by atoms with E-state index >= 15 is 0 Å². The van der Waals surface area contributed by atoms with Crippen LogP contribution in [0.15, 0.2) is 36.4 Å². The van der Waals surface area contributed by atoms with Gasteiger partial charge in [-0.3, -0.25) is 9.59 Å². The van der Waals surface area contributed by atoms with Crippen LogP contribution in [-0.2, 0) is 21.0 Å². The molecule has 0 radical (unpaired) electrons. The van der Waals surface area contributed by atoms with Gasteiger partial charge in [0, 0.05) is 23.8 Å². The molecular formula is C23H22F2N2O3S. The number of hydrogen-bond donors (Lipinski definition) is 0. The van der Waals surface area contributed by atoms with E-state index in [-0.39, 0.29) is 24.3 Å². The van der Waals surface area contributed by atoms with Crippen molar-refractivity contribution in [1.82, 2.24) is 4.90 Å². The van der Waals surface area contributed by atoms with Crippen LogP contribution < -0.4 is 9.64 Å². The SMILES string of the molecule is COc1ccc2c(c1)[C@@]1(SCCN1C(=O)C1CCC1)C(=O)N2Cc1ccc(F)c(F)c1. The number of benzene rings is 2. The van der Waals surface area contributed by atoms with Crippen molar-refractivity contribution in [3.8, 4) is 5.75 Å². The first-order chi connectivity index (χ1) is 15.0. The lowest BCUT2D eigenvalue weighted by Crippen LogP contribution is -2.52. The first-order valence-corrected chi connectivity index (χ1v) is 11.3. The third kappa shape index (κ3) is 3.03. The lowest BCUT2D eigenvalue weighted by molar-refractivity contribution is -0.145. The van der Waals surface area contributed by atoms with E-state index in [0.29, 0.717) is 29.3 Å². The molecule has 31 heavy (non-hydrogen) atoms. The van der Waals surface area contributed by atoms with E-state index in [0.717, 1.165) is 37.0 Å². The number of amides is 2. The highest BCUT2D eigenvalue weighted by atomic mass is 32.2. The Morgan fingerprint density at radius 1 is 1.19 bits per heavy atom. The first kappa shape index (κ1) is 20.3. The van der Waals surface area contributed by atoms with Gasteiger partial charge in [0.05, 0.1) is 19.3 Å². The Balaban J connectivity index is 1.58. The Hall–Kier alpha value is -2.61. The van der Waals surface area contributed by atoms with E-state index in [4.69, 9.17) is 4.74 Å². The van der Waals surface area contributed by atoms with E-state index in [9.17, 15) is 18.4 Å². The maximum absolute atomic E-state index is 13.9. The second kappa shape index (κ2) is 7.51. The molecule has 2 fully saturated rings. The summed E-state index contributed by atoms with van der Waals surface area (Å²) in [4.78, 5) is 29.3. The molecule has 162 valence electrons. The molecule has 1 spiro atoms. The average molecular weight is 445 g/mol. The Morgan fingerprint density at radius 3 is 2.68 bits per heavy atom. The largest absolute Gasteiger partial charge is 0.497 e. The van der Waals surface area contributed by atoms with Crippen molar-refractivity contribution in [2.45, 2.75) is 30.7 Å². The fourth-order valence-corrected chi connectivity index (χ4v) is 6.05. The van der Waals surface area contributed by atoms with Crippen LogP contribution in [-0.4, -0.2) is 36.1 Å². The van der Waals surface area contributed by atoms with Gasteiger partial charge >= 0.3 is 0 Å². The number of fused-ring (bicyclic) bond motifs is 2. The van der Waals surface area contributed by atoms with E-state index in [2.05, 4.69) is 0 Å². The topological polar surface area (TPSA) is 49.9 Å². The summed E-state index contributed by atoms with van der Waals surface area (Å²) in [6, 6.07) is 9.02. The maximum atomic E-state index is 13.9. The number of hydrogen-bond acceptors (Lipinski definition) is 4. The van der Waals surface area contributed by atoms with Crippen LogP contribution in [0.25, 0.3) is 0 Å². The number of halogens is 2. The van der Waals surface area contributed by atoms with Gasteiger partial charge in [-0.25, -0.2) is 8.78 Å². The summed E-state index contributed by atoms with van der Waals surface area (Å²) in [5.74, 6) is -0.863. The summed E-state index contributed by atoms with van der Waals surface area (Å²) in [5.41, 5.74) is 1.86. The van der Waals surface area contributed by atoms with Crippen LogP contribution in [0.5, 0.6) is 5.75 Å². The van der Waals surface area contributed by atoms with Gasteiger partial charge in [-0.15, -0.1) is 11.8 Å². The van der Waals surface area contributed by atoms with Crippen LogP contribution in [0.1, 0.15) is 30.4 Å². The van der Waals surface area contributed by atoms with Gasteiger partial charge in [0.1, 0.15) is 5.75 Å². The Labute approximate surface area is 183 Å². The Morgan fingerprint density at radius 2 is 2.00 bits per heavy atom. The smallest absolute Gasteiger partial charge is 0.268 e. The molecule has 2 aromatic rings. The highest BCUT2D eigenvalue weighted by molar-refractivity contribution is 8.01. The number of thioether (sulfide) groups is 1. The van der Waals surface area contributed by atoms with Gasteiger partial charge in [-0.2, -0.15) is 0 Å². The second-order valence-electron chi connectivity index (χ2n) is 8.13. The highest BCUT2D eigenvalue weighted by Gasteiger charge is 2.60. The van der Waals surface area contributed by atoms with Gasteiger partial charge < -0.3 is 14.5 Å². The summed E-state index contributed by atoms with van der Waals surface area (Å²) < 4.78 is 32.6. The second-order valence-corrected chi connectivity index (χ2v) is 9.42. The van der Waals surface area contributed by atoms with Gasteiger partial charge in [-0.1, -0.05) is 12.5 Å². The lowest BCUT2D eigenvalue weighted by atomic mass is 9.84. The van der Waals surface area contributed by atoms with Gasteiger partial charge in [0.2, 0.25) is 5.91 Å². The number of carbonyl (C=O) groups is 2. The maximum Gasteiger partial charge on any atom is 0.268 e. The van der Waals surface area contributed by atoms with Gasteiger partial charge in [-0.05, 0) is 48.7 Å². The molecule has 1 saturated carbocycles. The summed E-state index contributed by atoms with van der Waals surface area (Å²) >= 11 is 1.45. The van der Waals surface area contributed by atoms with Crippen LogP contribution in [0.2, 0.25) is 0 Å². The molecule has 0 N–H and O–H groups in total. The van der Waals surface area contributed by atoms with Crippen molar-refractivity contribution in [3.63, 3.8) is 0 Å². The molecule has 1 saturated heterocycles. The monoisotopic (exact) mass is 444 g/mol. The lowest BCUT2D eigenvalue weighted by Gasteiger charge is -2.37. The van der Waals surface area contributed by atoms with Crippen molar-refractivity contribution in [1.29, 1.82) is 0 Å². The van der Waals surface area contributed by atoms with Crippen molar-refractivity contribution >= 4 is 29.3 Å². The molecule has 2 heterocycles. The normalized spacial score (nSPS) is 22.7. The van der Waals surface area contributed by atoms with Crippen LogP contribution in [0.3, 0.4) is 0 Å². The number of methoxy groups -OCH3 is 1. The fraction of sp³-hybridized carbons (Fsp3) is 0.391. The molecule has 2 aromatic carbocycles. The molecule has 5 nitrogen and oxygen atoms in total. The number of carbonyl (C=O) groups excluding carboxylic acids is 2. The first-order valence-electron chi connectivity index (χ1n) is 10.4. The van der Waals surface area contributed by atoms with Gasteiger partial charge in [0.15, 0.2) is 16.5 Å². The number of nitrogens with zero attached hydrogens (tertiary/aromatic N) is 2. The van der Waals surface area contributed by atoms with Crippen LogP contribution in [0.4, 0.5) is 14.5 Å². The van der Waals surface area contributed by atoms with Crippen molar-refractivity contribution in [2.24, 2.45) is 5.92 Å². The standard InChI is InChI=1S/C23H22F2N2O3S/c1-30-16-6-8-20-17(12-16)23(27(9-10-31-23)21(28)15-3-2-4-15)22(29)26(20)13-14-5-7-18(24)19(25)11-14/h5-8,11-12,15H,2-4,9-10,13H2,1H3/t23-/m1/s1. The molecule has 1 atom stereocenters. The van der Waals surface area contributed by atoms with Crippen LogP contribution >= 0.6 is 11.8 Å². The van der Waals surface area contributed by atoms with Crippen molar-refractivity contribution in [3.05, 3.63) is 59.2 Å². The average Bonchev–Trinajstić information content (AvgIpc) is 3.26. The van der Waals surface area contributed by atoms with E-state index < -0.39 is 16.5 Å². The molecule has 2 aliphatic heterocycles. The third-order valence-electron chi connectivity index (χ3n) is 6.45. The zero-order chi connectivity index (χ0) is 21.8. The van der Waals surface area contributed by atoms with Gasteiger partial charge in [0.25, 0.3) is 5.91 Å². The Bertz CT molecular complexity index is 1070. The summed E-state index contributed by atoms with van der Waals surface area (Å²) in [6.45, 7) is 0.588. The minimum absolute atomic E-state index is 0.0213. The quantitative estimate of drug-likeness (QED) is 0.714.